The van der Waals surface area contributed by atoms with Crippen LogP contribution in [0.4, 0.5) is 26.3 Å². The topological polar surface area (TPSA) is 44.4 Å². The molecule has 2 N–H and O–H groups in total. The Labute approximate surface area is 152 Å². The molecule has 0 spiro atoms. The fourth-order valence-electron chi connectivity index (χ4n) is 3.11. The number of rotatable bonds is 2. The van der Waals surface area contributed by atoms with Gasteiger partial charge in [0, 0.05) is 38.6 Å². The molecule has 2 aliphatic heterocycles. The first-order valence-electron chi connectivity index (χ1n) is 8.45. The van der Waals surface area contributed by atoms with Gasteiger partial charge in [0.15, 0.2) is 0 Å². The molecule has 0 aliphatic carbocycles. The molecule has 1 amide bonds. The van der Waals surface area contributed by atoms with E-state index in [0.717, 1.165) is 32.5 Å². The molecule has 4 nitrogen and oxygen atoms in total. The first-order chi connectivity index (χ1) is 12.5. The predicted molar refractivity (Wildman–Crippen MR) is 86.8 cm³/mol. The van der Waals surface area contributed by atoms with E-state index < -0.39 is 23.5 Å². The van der Waals surface area contributed by atoms with Gasteiger partial charge in [-0.05, 0) is 37.2 Å². The summed E-state index contributed by atoms with van der Waals surface area (Å²) in [7, 11) is 1.44. The van der Waals surface area contributed by atoms with Gasteiger partial charge in [-0.15, -0.1) is 0 Å². The average molecular weight is 397 g/mol. The molecule has 2 saturated heterocycles. The van der Waals surface area contributed by atoms with E-state index in [1.807, 2.05) is 4.90 Å². The van der Waals surface area contributed by atoms with Crippen LogP contribution in [-0.4, -0.2) is 43.5 Å². The van der Waals surface area contributed by atoms with Crippen LogP contribution < -0.4 is 10.6 Å². The van der Waals surface area contributed by atoms with Gasteiger partial charge in [0.1, 0.15) is 0 Å². The summed E-state index contributed by atoms with van der Waals surface area (Å²) in [5, 5.41) is 5.79. The highest BCUT2D eigenvalue weighted by atomic mass is 19.4. The Morgan fingerprint density at radius 2 is 1.70 bits per heavy atom. The van der Waals surface area contributed by atoms with E-state index >= 15 is 0 Å². The molecule has 1 aromatic rings. The molecule has 10 heteroatoms. The molecule has 1 unspecified atom stereocenters. The highest BCUT2D eigenvalue weighted by Crippen LogP contribution is 2.36. The van der Waals surface area contributed by atoms with Crippen LogP contribution in [0, 0.1) is 0 Å². The third-order valence-electron chi connectivity index (χ3n) is 4.39. The van der Waals surface area contributed by atoms with E-state index in [9.17, 15) is 31.1 Å². The summed E-state index contributed by atoms with van der Waals surface area (Å²) in [6.07, 6.45) is -7.74. The van der Waals surface area contributed by atoms with Crippen molar-refractivity contribution in [3.8, 4) is 0 Å². The summed E-state index contributed by atoms with van der Waals surface area (Å²) in [4.78, 5) is 13.1. The lowest BCUT2D eigenvalue weighted by atomic mass is 10.0. The van der Waals surface area contributed by atoms with E-state index in [2.05, 4.69) is 10.6 Å². The molecule has 152 valence electrons. The molecule has 2 fully saturated rings. The number of piperazine rings is 1. The van der Waals surface area contributed by atoms with Crippen molar-refractivity contribution in [1.82, 2.24) is 15.5 Å². The van der Waals surface area contributed by atoms with Crippen LogP contribution in [-0.2, 0) is 23.7 Å². The van der Waals surface area contributed by atoms with Gasteiger partial charge < -0.3 is 15.5 Å². The summed E-state index contributed by atoms with van der Waals surface area (Å²) in [5.74, 6) is 0.353. The van der Waals surface area contributed by atoms with Crippen LogP contribution in [0.15, 0.2) is 18.2 Å². The van der Waals surface area contributed by atoms with Gasteiger partial charge in [0.2, 0.25) is 5.91 Å². The largest absolute Gasteiger partial charge is 0.416 e. The van der Waals surface area contributed by atoms with Gasteiger partial charge in [-0.1, -0.05) is 0 Å². The highest BCUT2D eigenvalue weighted by molar-refractivity contribution is 5.78. The number of carbonyl (C=O) groups excluding carboxylic acids is 1. The molecule has 27 heavy (non-hydrogen) atoms. The fourth-order valence-corrected chi connectivity index (χ4v) is 3.11. The van der Waals surface area contributed by atoms with E-state index in [0.29, 0.717) is 24.1 Å². The Morgan fingerprint density at radius 3 is 2.19 bits per heavy atom. The van der Waals surface area contributed by atoms with Crippen LogP contribution in [0.2, 0.25) is 0 Å². The molecule has 0 saturated carbocycles. The van der Waals surface area contributed by atoms with Gasteiger partial charge in [-0.25, -0.2) is 0 Å². The minimum atomic E-state index is -4.79. The number of nitrogens with zero attached hydrogens (tertiary/aromatic N) is 1. The van der Waals surface area contributed by atoms with Crippen molar-refractivity contribution in [2.75, 3.05) is 26.7 Å². The molecule has 1 aromatic carbocycles. The summed E-state index contributed by atoms with van der Waals surface area (Å²) < 4.78 is 74.3. The van der Waals surface area contributed by atoms with Crippen molar-refractivity contribution in [2.24, 2.45) is 0 Å². The second-order valence-electron chi connectivity index (χ2n) is 6.43. The quantitative estimate of drug-likeness (QED) is 0.755. The van der Waals surface area contributed by atoms with Crippen molar-refractivity contribution >= 4 is 5.91 Å². The number of amides is 1. The number of halogens is 6. The van der Waals surface area contributed by atoms with Crippen LogP contribution in [0.25, 0.3) is 0 Å². The van der Waals surface area contributed by atoms with Gasteiger partial charge in [0.05, 0.1) is 11.1 Å². The number of hydrogen-bond acceptors (Lipinski definition) is 3. The summed E-state index contributed by atoms with van der Waals surface area (Å²) in [5.41, 5.74) is -2.65. The Hall–Kier alpha value is -1.81. The Morgan fingerprint density at radius 1 is 1.11 bits per heavy atom. The number of alkyl halides is 6. The van der Waals surface area contributed by atoms with Crippen LogP contribution in [0.1, 0.15) is 29.5 Å². The normalized spacial score (nSPS) is 20.2. The lowest BCUT2D eigenvalue weighted by molar-refractivity contribution is -0.143. The molecule has 0 aromatic heterocycles. The van der Waals surface area contributed by atoms with Crippen LogP contribution in [0.5, 0.6) is 0 Å². The zero-order chi connectivity index (χ0) is 20.2. The Bertz CT molecular complexity index is 627. The standard InChI is InChI=1S/C10H9F6N.C7H12N2O/c1-17-5-6-2-7(9(11,12)13)4-8(3-6)10(14,15)16;10-7-2-1-6-5-8-3-4-9(6)7/h2-4,17H,5H2,1H3;6,8H,1-5H2. The van der Waals surface area contributed by atoms with Crippen LogP contribution >= 0.6 is 0 Å². The lowest BCUT2D eigenvalue weighted by Gasteiger charge is -2.29. The number of fused-ring (bicyclic) bond motifs is 1. The molecule has 0 radical (unpaired) electrons. The number of carbonyl (C=O) groups is 1. The van der Waals surface area contributed by atoms with Crippen molar-refractivity contribution in [2.45, 2.75) is 37.8 Å². The zero-order valence-electron chi connectivity index (χ0n) is 14.7. The fraction of sp³-hybridized carbons (Fsp3) is 0.588. The van der Waals surface area contributed by atoms with Gasteiger partial charge >= 0.3 is 12.4 Å². The molecular weight excluding hydrogens is 376 g/mol. The maximum absolute atomic E-state index is 12.4. The lowest BCUT2D eigenvalue weighted by Crippen LogP contribution is -2.49. The summed E-state index contributed by atoms with van der Waals surface area (Å²) in [6, 6.07) is 2.03. The van der Waals surface area contributed by atoms with Gasteiger partial charge in [-0.3, -0.25) is 4.79 Å². The van der Waals surface area contributed by atoms with Crippen molar-refractivity contribution in [3.63, 3.8) is 0 Å². The van der Waals surface area contributed by atoms with Crippen molar-refractivity contribution in [1.29, 1.82) is 0 Å². The summed E-state index contributed by atoms with van der Waals surface area (Å²) in [6.45, 7) is 2.84. The second kappa shape index (κ2) is 8.47. The van der Waals surface area contributed by atoms with Crippen molar-refractivity contribution in [3.05, 3.63) is 34.9 Å². The zero-order valence-corrected chi connectivity index (χ0v) is 14.7. The first-order valence-corrected chi connectivity index (χ1v) is 8.45. The number of nitrogens with one attached hydrogen (secondary N) is 2. The van der Waals surface area contributed by atoms with Crippen LogP contribution in [0.3, 0.4) is 0 Å². The second-order valence-corrected chi connectivity index (χ2v) is 6.43. The van der Waals surface area contributed by atoms with E-state index in [1.165, 1.54) is 7.05 Å². The molecule has 3 rings (SSSR count). The SMILES string of the molecule is CNCc1cc(C(F)(F)F)cc(C(F)(F)F)c1.O=C1CCC2CNCCN12. The monoisotopic (exact) mass is 397 g/mol. The van der Waals surface area contributed by atoms with E-state index in [4.69, 9.17) is 0 Å². The minimum absolute atomic E-state index is 0.0605. The van der Waals surface area contributed by atoms with Crippen molar-refractivity contribution < 1.29 is 31.1 Å². The first kappa shape index (κ1) is 21.5. The maximum Gasteiger partial charge on any atom is 0.416 e. The Kier molecular flexibility index (Phi) is 6.74. The predicted octanol–water partition coefficient (Wildman–Crippen LogP) is 3.02. The third-order valence-corrected chi connectivity index (χ3v) is 4.39. The summed E-state index contributed by atoms with van der Waals surface area (Å²) >= 11 is 0. The van der Waals surface area contributed by atoms with Gasteiger partial charge in [-0.2, -0.15) is 26.3 Å². The molecular formula is C17H21F6N3O. The maximum atomic E-state index is 12.4. The molecule has 2 aliphatic rings. The van der Waals surface area contributed by atoms with E-state index in [1.54, 1.807) is 0 Å². The Balaban J connectivity index is 0.000000219. The van der Waals surface area contributed by atoms with E-state index in [-0.39, 0.29) is 18.2 Å². The van der Waals surface area contributed by atoms with Gasteiger partial charge in [0.25, 0.3) is 0 Å². The smallest absolute Gasteiger partial charge is 0.337 e. The highest BCUT2D eigenvalue weighted by Gasteiger charge is 2.36. The number of benzene rings is 1. The third kappa shape index (κ3) is 5.83. The minimum Gasteiger partial charge on any atom is -0.337 e. The molecule has 0 bridgehead atoms. The average Bonchev–Trinajstić information content (AvgIpc) is 2.96. The molecule has 1 atom stereocenters. The molecule has 2 heterocycles. The number of hydrogen-bond donors (Lipinski definition) is 2.